The first-order valence-electron chi connectivity index (χ1n) is 6.06. The number of aromatic nitrogens is 1. The van der Waals surface area contributed by atoms with E-state index in [0.717, 1.165) is 0 Å². The van der Waals surface area contributed by atoms with Gasteiger partial charge in [0.15, 0.2) is 0 Å². The van der Waals surface area contributed by atoms with Crippen molar-refractivity contribution >= 4 is 15.9 Å². The van der Waals surface area contributed by atoms with Crippen LogP contribution in [0.3, 0.4) is 0 Å². The summed E-state index contributed by atoms with van der Waals surface area (Å²) in [7, 11) is -4.08. The molecule has 0 radical (unpaired) electrons. The van der Waals surface area contributed by atoms with Gasteiger partial charge in [-0.25, -0.2) is 17.5 Å². The van der Waals surface area contributed by atoms with E-state index >= 15 is 0 Å². The summed E-state index contributed by atoms with van der Waals surface area (Å²) < 4.78 is 39.7. The number of sulfonamides is 1. The smallest absolute Gasteiger partial charge is 0.266 e. The van der Waals surface area contributed by atoms with Crippen LogP contribution in [-0.4, -0.2) is 19.3 Å². The molecule has 1 amide bonds. The molecule has 0 atom stereocenters. The standard InChI is InChI=1S/C14H13FN2O3S/c1-9-7-11(8-10(2)13(9)15)21(19,20)17-14(18)12-5-3-4-6-16-12/h3-8H,1-2H3,(H,17,18). The molecule has 5 nitrogen and oxygen atoms in total. The number of hydrogen-bond acceptors (Lipinski definition) is 4. The minimum Gasteiger partial charge on any atom is -0.266 e. The highest BCUT2D eigenvalue weighted by atomic mass is 32.2. The van der Waals surface area contributed by atoms with Crippen LogP contribution in [0.25, 0.3) is 0 Å². The van der Waals surface area contributed by atoms with Gasteiger partial charge >= 0.3 is 0 Å². The molecule has 0 spiro atoms. The Morgan fingerprint density at radius 2 is 1.81 bits per heavy atom. The summed E-state index contributed by atoms with van der Waals surface area (Å²) in [5.74, 6) is -1.31. The van der Waals surface area contributed by atoms with Gasteiger partial charge in [-0.1, -0.05) is 6.07 Å². The Morgan fingerprint density at radius 3 is 2.33 bits per heavy atom. The summed E-state index contributed by atoms with van der Waals surface area (Å²) in [6, 6.07) is 6.93. The molecule has 1 aromatic heterocycles. The van der Waals surface area contributed by atoms with Gasteiger partial charge in [0.2, 0.25) is 0 Å². The first-order valence-corrected chi connectivity index (χ1v) is 7.54. The molecule has 21 heavy (non-hydrogen) atoms. The maximum Gasteiger partial charge on any atom is 0.283 e. The Morgan fingerprint density at radius 1 is 1.19 bits per heavy atom. The van der Waals surface area contributed by atoms with Crippen molar-refractivity contribution in [2.24, 2.45) is 0 Å². The van der Waals surface area contributed by atoms with E-state index in [0.29, 0.717) is 0 Å². The average Bonchev–Trinajstić information content (AvgIpc) is 2.44. The zero-order chi connectivity index (χ0) is 15.6. The van der Waals surface area contributed by atoms with Crippen molar-refractivity contribution in [2.45, 2.75) is 18.7 Å². The van der Waals surface area contributed by atoms with Crippen LogP contribution in [0, 0.1) is 19.7 Å². The molecule has 0 aliphatic rings. The largest absolute Gasteiger partial charge is 0.283 e. The van der Waals surface area contributed by atoms with Gasteiger partial charge in [-0.3, -0.25) is 9.78 Å². The predicted octanol–water partition coefficient (Wildman–Crippen LogP) is 1.96. The van der Waals surface area contributed by atoms with Crippen LogP contribution in [0.1, 0.15) is 21.6 Å². The molecule has 7 heteroatoms. The molecule has 0 saturated heterocycles. The Bertz CT molecular complexity index is 766. The molecule has 1 N–H and O–H groups in total. The molecule has 1 aromatic carbocycles. The number of rotatable bonds is 3. The average molecular weight is 308 g/mol. The predicted molar refractivity (Wildman–Crippen MR) is 74.8 cm³/mol. The van der Waals surface area contributed by atoms with Crippen molar-refractivity contribution < 1.29 is 17.6 Å². The quantitative estimate of drug-likeness (QED) is 0.940. The van der Waals surface area contributed by atoms with E-state index in [2.05, 4.69) is 4.98 Å². The van der Waals surface area contributed by atoms with Gasteiger partial charge in [0.25, 0.3) is 15.9 Å². The molecular formula is C14H13FN2O3S. The number of carbonyl (C=O) groups excluding carboxylic acids is 1. The topological polar surface area (TPSA) is 76.1 Å². The van der Waals surface area contributed by atoms with Gasteiger partial charge in [0, 0.05) is 6.20 Å². The van der Waals surface area contributed by atoms with Crippen molar-refractivity contribution in [3.8, 4) is 0 Å². The lowest BCUT2D eigenvalue weighted by Gasteiger charge is -2.09. The third kappa shape index (κ3) is 3.25. The fraction of sp³-hybridized carbons (Fsp3) is 0.143. The molecule has 0 unspecified atom stereocenters. The van der Waals surface area contributed by atoms with Crippen LogP contribution in [-0.2, 0) is 10.0 Å². The lowest BCUT2D eigenvalue weighted by molar-refractivity contribution is 0.0976. The second-order valence-electron chi connectivity index (χ2n) is 4.52. The number of nitrogens with one attached hydrogen (secondary N) is 1. The van der Waals surface area contributed by atoms with Gasteiger partial charge in [-0.15, -0.1) is 0 Å². The molecule has 2 aromatic rings. The first-order chi connectivity index (χ1) is 9.81. The zero-order valence-corrected chi connectivity index (χ0v) is 12.2. The number of aryl methyl sites for hydroxylation is 2. The van der Waals surface area contributed by atoms with E-state index in [9.17, 15) is 17.6 Å². The van der Waals surface area contributed by atoms with E-state index in [1.54, 1.807) is 12.1 Å². The maximum atomic E-state index is 13.5. The van der Waals surface area contributed by atoms with E-state index in [1.165, 1.54) is 38.2 Å². The number of amides is 1. The minimum absolute atomic E-state index is 0.0170. The van der Waals surface area contributed by atoms with Crippen LogP contribution >= 0.6 is 0 Å². The zero-order valence-electron chi connectivity index (χ0n) is 11.4. The van der Waals surface area contributed by atoms with Crippen LogP contribution in [0.15, 0.2) is 41.4 Å². The Balaban J connectivity index is 2.33. The molecule has 2 rings (SSSR count). The lowest BCUT2D eigenvalue weighted by atomic mass is 10.1. The Labute approximate surface area is 121 Å². The Hall–Kier alpha value is -2.28. The number of nitrogens with zero attached hydrogens (tertiary/aromatic N) is 1. The molecule has 110 valence electrons. The molecule has 0 aliphatic heterocycles. The van der Waals surface area contributed by atoms with Gasteiger partial charge in [0.05, 0.1) is 4.90 Å². The molecule has 0 bridgehead atoms. The van der Waals surface area contributed by atoms with E-state index in [1.807, 2.05) is 4.72 Å². The van der Waals surface area contributed by atoms with Gasteiger partial charge in [-0.05, 0) is 49.2 Å². The summed E-state index contributed by atoms with van der Waals surface area (Å²) in [5, 5.41) is 0. The normalized spacial score (nSPS) is 11.2. The highest BCUT2D eigenvalue weighted by molar-refractivity contribution is 7.90. The van der Waals surface area contributed by atoms with Gasteiger partial charge in [0.1, 0.15) is 11.5 Å². The summed E-state index contributed by atoms with van der Waals surface area (Å²) in [6.07, 6.45) is 1.38. The number of carbonyl (C=O) groups is 1. The molecule has 0 aliphatic carbocycles. The van der Waals surface area contributed by atoms with E-state index in [4.69, 9.17) is 0 Å². The van der Waals surface area contributed by atoms with Crippen LogP contribution in [0.2, 0.25) is 0 Å². The van der Waals surface area contributed by atoms with Crippen molar-refractivity contribution in [1.82, 2.24) is 9.71 Å². The second-order valence-corrected chi connectivity index (χ2v) is 6.20. The van der Waals surface area contributed by atoms with E-state index < -0.39 is 21.7 Å². The third-order valence-electron chi connectivity index (χ3n) is 2.84. The third-order valence-corrected chi connectivity index (χ3v) is 4.16. The minimum atomic E-state index is -4.08. The van der Waals surface area contributed by atoms with Crippen molar-refractivity contribution in [1.29, 1.82) is 0 Å². The second kappa shape index (κ2) is 5.61. The van der Waals surface area contributed by atoms with Crippen molar-refractivity contribution in [3.05, 3.63) is 59.2 Å². The van der Waals surface area contributed by atoms with Crippen molar-refractivity contribution in [2.75, 3.05) is 0 Å². The van der Waals surface area contributed by atoms with E-state index in [-0.39, 0.29) is 21.7 Å². The number of hydrogen-bond donors (Lipinski definition) is 1. The monoisotopic (exact) mass is 308 g/mol. The maximum absolute atomic E-state index is 13.5. The molecule has 0 saturated carbocycles. The molecular weight excluding hydrogens is 295 g/mol. The van der Waals surface area contributed by atoms with Gasteiger partial charge in [-0.2, -0.15) is 0 Å². The molecule has 1 heterocycles. The highest BCUT2D eigenvalue weighted by Gasteiger charge is 2.21. The fourth-order valence-electron chi connectivity index (χ4n) is 1.79. The lowest BCUT2D eigenvalue weighted by Crippen LogP contribution is -2.31. The summed E-state index contributed by atoms with van der Waals surface area (Å²) in [5.41, 5.74) is 0.373. The number of halogens is 1. The van der Waals surface area contributed by atoms with Crippen molar-refractivity contribution in [3.63, 3.8) is 0 Å². The van der Waals surface area contributed by atoms with Crippen LogP contribution in [0.5, 0.6) is 0 Å². The van der Waals surface area contributed by atoms with Crippen LogP contribution in [0.4, 0.5) is 4.39 Å². The highest BCUT2D eigenvalue weighted by Crippen LogP contribution is 2.18. The summed E-state index contributed by atoms with van der Waals surface area (Å²) >= 11 is 0. The first kappa shape index (κ1) is 15.1. The summed E-state index contributed by atoms with van der Waals surface area (Å²) in [4.78, 5) is 15.4. The van der Waals surface area contributed by atoms with Gasteiger partial charge < -0.3 is 0 Å². The fourth-order valence-corrected chi connectivity index (χ4v) is 2.92. The summed E-state index contributed by atoms with van der Waals surface area (Å²) in [6.45, 7) is 2.92. The molecule has 0 fully saturated rings. The number of pyridine rings is 1. The number of benzene rings is 1. The SMILES string of the molecule is Cc1cc(S(=O)(=O)NC(=O)c2ccccn2)cc(C)c1F. The Kier molecular flexibility index (Phi) is 4.04. The van der Waals surface area contributed by atoms with Crippen LogP contribution < -0.4 is 4.72 Å².